The minimum atomic E-state index is 0.0909. The Morgan fingerprint density at radius 1 is 0.516 bits per heavy atom. The zero-order valence-corrected chi connectivity index (χ0v) is 17.1. The van der Waals surface area contributed by atoms with E-state index in [2.05, 4.69) is 0 Å². The molecule has 0 aliphatic carbocycles. The lowest BCUT2D eigenvalue weighted by molar-refractivity contribution is 0.461. The zero-order chi connectivity index (χ0) is 22.1. The van der Waals surface area contributed by atoms with Gasteiger partial charge in [0.1, 0.15) is 34.5 Å². The molecule has 0 unspecified atom stereocenters. The molecular weight excluding hydrogens is 392 g/mol. The maximum Gasteiger partial charge on any atom is 0.135 e. The van der Waals surface area contributed by atoms with Gasteiger partial charge < -0.3 is 25.2 Å². The molecule has 0 saturated heterocycles. The molecule has 31 heavy (non-hydrogen) atoms. The number of hydrogen-bond donors (Lipinski definition) is 4. The lowest BCUT2D eigenvalue weighted by Crippen LogP contribution is -1.92. The molecule has 0 atom stereocenters. The van der Waals surface area contributed by atoms with Crippen LogP contribution in [-0.2, 0) is 0 Å². The van der Waals surface area contributed by atoms with Gasteiger partial charge >= 0.3 is 0 Å². The van der Waals surface area contributed by atoms with Gasteiger partial charge in [-0.05, 0) is 96.8 Å². The summed E-state index contributed by atoms with van der Waals surface area (Å²) in [6.07, 6.45) is 0. The minimum absolute atomic E-state index is 0.0909. The highest BCUT2D eigenvalue weighted by Crippen LogP contribution is 2.41. The predicted octanol–water partition coefficient (Wildman–Crippen LogP) is 6.25. The Bertz CT molecular complexity index is 1180. The first kappa shape index (κ1) is 20.2. The summed E-state index contributed by atoms with van der Waals surface area (Å²) < 4.78 is 6.25. The van der Waals surface area contributed by atoms with E-state index in [9.17, 15) is 20.4 Å². The van der Waals surface area contributed by atoms with Crippen LogP contribution < -0.4 is 4.74 Å². The van der Waals surface area contributed by atoms with E-state index in [1.54, 1.807) is 62.4 Å². The molecule has 0 saturated carbocycles. The molecule has 4 N–H and O–H groups in total. The molecule has 0 aromatic heterocycles. The van der Waals surface area contributed by atoms with Crippen LogP contribution >= 0.6 is 0 Å². The highest BCUT2D eigenvalue weighted by atomic mass is 16.5. The van der Waals surface area contributed by atoms with Gasteiger partial charge in [0.25, 0.3) is 0 Å². The number of aryl methyl sites for hydroxylation is 2. The molecule has 0 aliphatic rings. The van der Waals surface area contributed by atoms with Crippen LogP contribution in [0, 0.1) is 13.8 Å². The van der Waals surface area contributed by atoms with Gasteiger partial charge in [0.2, 0.25) is 0 Å². The van der Waals surface area contributed by atoms with Crippen molar-refractivity contribution in [3.05, 3.63) is 83.9 Å². The molecule has 0 amide bonds. The first-order valence-electron chi connectivity index (χ1n) is 9.75. The van der Waals surface area contributed by atoms with Gasteiger partial charge in [-0.1, -0.05) is 12.1 Å². The molecule has 156 valence electrons. The van der Waals surface area contributed by atoms with Crippen LogP contribution in [-0.4, -0.2) is 20.4 Å². The monoisotopic (exact) mass is 414 g/mol. The molecular formula is C26H22O5. The average Bonchev–Trinajstić information content (AvgIpc) is 2.74. The summed E-state index contributed by atoms with van der Waals surface area (Å²) in [5.41, 5.74) is 4.28. The fraction of sp³-hybridized carbons (Fsp3) is 0.0769. The van der Waals surface area contributed by atoms with E-state index in [-0.39, 0.29) is 23.0 Å². The second-order valence-corrected chi connectivity index (χ2v) is 7.47. The molecule has 0 fully saturated rings. The average molecular weight is 414 g/mol. The van der Waals surface area contributed by atoms with E-state index in [4.69, 9.17) is 4.74 Å². The second kappa shape index (κ2) is 7.95. The van der Waals surface area contributed by atoms with E-state index in [1.165, 1.54) is 12.1 Å². The van der Waals surface area contributed by atoms with Crippen molar-refractivity contribution in [2.75, 3.05) is 0 Å². The van der Waals surface area contributed by atoms with Gasteiger partial charge in [-0.2, -0.15) is 0 Å². The summed E-state index contributed by atoms with van der Waals surface area (Å²) >= 11 is 0. The summed E-state index contributed by atoms with van der Waals surface area (Å²) in [4.78, 5) is 0. The highest BCUT2D eigenvalue weighted by Gasteiger charge is 2.15. The molecule has 5 heteroatoms. The van der Waals surface area contributed by atoms with Gasteiger partial charge in [0.05, 0.1) is 0 Å². The summed E-state index contributed by atoms with van der Waals surface area (Å²) in [6, 6.07) is 20.0. The van der Waals surface area contributed by atoms with Gasteiger partial charge in [-0.15, -0.1) is 0 Å². The molecule has 0 aliphatic heterocycles. The number of aromatic hydroxyl groups is 4. The third-order valence-corrected chi connectivity index (χ3v) is 5.16. The van der Waals surface area contributed by atoms with Crippen molar-refractivity contribution >= 4 is 0 Å². The Kier molecular flexibility index (Phi) is 5.17. The molecule has 4 aromatic carbocycles. The summed E-state index contributed by atoms with van der Waals surface area (Å²) in [7, 11) is 0. The smallest absolute Gasteiger partial charge is 0.135 e. The molecule has 0 heterocycles. The van der Waals surface area contributed by atoms with E-state index in [1.807, 2.05) is 12.1 Å². The van der Waals surface area contributed by atoms with E-state index in [0.29, 0.717) is 33.8 Å². The van der Waals surface area contributed by atoms with Crippen LogP contribution in [0.2, 0.25) is 0 Å². The molecule has 0 radical (unpaired) electrons. The Morgan fingerprint density at radius 2 is 0.935 bits per heavy atom. The molecule has 4 aromatic rings. The van der Waals surface area contributed by atoms with Crippen LogP contribution in [0.1, 0.15) is 11.1 Å². The Hall–Kier alpha value is -4.12. The van der Waals surface area contributed by atoms with Crippen molar-refractivity contribution < 1.29 is 25.2 Å². The highest BCUT2D eigenvalue weighted by molar-refractivity contribution is 5.77. The molecule has 0 bridgehead atoms. The SMILES string of the molecule is Cc1cc(-c2cc(O)ccc2Oc2ccc(O)cc2-c2ccc(O)c(C)c2)ccc1O. The lowest BCUT2D eigenvalue weighted by atomic mass is 10.0. The number of benzene rings is 4. The zero-order valence-electron chi connectivity index (χ0n) is 17.1. The minimum Gasteiger partial charge on any atom is -0.508 e. The quantitative estimate of drug-likeness (QED) is 0.317. The number of rotatable bonds is 4. The second-order valence-electron chi connectivity index (χ2n) is 7.47. The van der Waals surface area contributed by atoms with Crippen molar-refractivity contribution in [2.45, 2.75) is 13.8 Å². The summed E-state index contributed by atoms with van der Waals surface area (Å²) in [5, 5.41) is 39.8. The van der Waals surface area contributed by atoms with Crippen molar-refractivity contribution in [2.24, 2.45) is 0 Å². The van der Waals surface area contributed by atoms with E-state index < -0.39 is 0 Å². The van der Waals surface area contributed by atoms with Gasteiger partial charge in [0.15, 0.2) is 0 Å². The maximum atomic E-state index is 10.1. The van der Waals surface area contributed by atoms with Crippen LogP contribution in [0.25, 0.3) is 22.3 Å². The Labute approximate surface area is 180 Å². The normalized spacial score (nSPS) is 10.8. The van der Waals surface area contributed by atoms with Crippen molar-refractivity contribution in [1.82, 2.24) is 0 Å². The third kappa shape index (κ3) is 4.12. The van der Waals surface area contributed by atoms with Gasteiger partial charge in [0, 0.05) is 11.1 Å². The van der Waals surface area contributed by atoms with Crippen molar-refractivity contribution in [3.8, 4) is 56.8 Å². The fourth-order valence-electron chi connectivity index (χ4n) is 3.43. The van der Waals surface area contributed by atoms with Crippen molar-refractivity contribution in [1.29, 1.82) is 0 Å². The number of ether oxygens (including phenoxy) is 1. The topological polar surface area (TPSA) is 90.2 Å². The summed E-state index contributed by atoms with van der Waals surface area (Å²) in [6.45, 7) is 3.60. The standard InChI is InChI=1S/C26H22O5/c1-15-11-17(3-7-23(15)29)21-13-19(27)5-9-25(21)31-26-10-6-20(28)14-22(26)18-4-8-24(30)16(2)12-18/h3-14,27-30H,1-2H3. The molecule has 5 nitrogen and oxygen atoms in total. The van der Waals surface area contributed by atoms with Crippen LogP contribution in [0.15, 0.2) is 72.8 Å². The van der Waals surface area contributed by atoms with Crippen LogP contribution in [0.4, 0.5) is 0 Å². The Morgan fingerprint density at radius 3 is 1.32 bits per heavy atom. The van der Waals surface area contributed by atoms with Crippen LogP contribution in [0.3, 0.4) is 0 Å². The lowest BCUT2D eigenvalue weighted by Gasteiger charge is -2.16. The van der Waals surface area contributed by atoms with E-state index >= 15 is 0 Å². The Balaban J connectivity index is 1.82. The first-order valence-corrected chi connectivity index (χ1v) is 9.75. The molecule has 4 rings (SSSR count). The number of phenols is 4. The fourth-order valence-corrected chi connectivity index (χ4v) is 3.43. The van der Waals surface area contributed by atoms with Crippen LogP contribution in [0.5, 0.6) is 34.5 Å². The molecule has 0 spiro atoms. The number of hydrogen-bond acceptors (Lipinski definition) is 5. The predicted molar refractivity (Wildman–Crippen MR) is 120 cm³/mol. The van der Waals surface area contributed by atoms with Gasteiger partial charge in [-0.3, -0.25) is 0 Å². The number of phenolic OH excluding ortho intramolecular Hbond substituents is 4. The third-order valence-electron chi connectivity index (χ3n) is 5.16. The largest absolute Gasteiger partial charge is 0.508 e. The first-order chi connectivity index (χ1) is 14.8. The van der Waals surface area contributed by atoms with E-state index in [0.717, 1.165) is 11.1 Å². The van der Waals surface area contributed by atoms with Crippen molar-refractivity contribution in [3.63, 3.8) is 0 Å². The summed E-state index contributed by atoms with van der Waals surface area (Å²) in [5.74, 6) is 1.57. The van der Waals surface area contributed by atoms with Gasteiger partial charge in [-0.25, -0.2) is 0 Å². The maximum absolute atomic E-state index is 10.1.